The Bertz CT molecular complexity index is 180. The molecule has 0 aliphatic heterocycles. The topological polar surface area (TPSA) is 55.4 Å². The summed E-state index contributed by atoms with van der Waals surface area (Å²) in [5, 5.41) is 2.60. The molecule has 76 valence electrons. The van der Waals surface area contributed by atoms with Crippen LogP contribution in [0.3, 0.4) is 0 Å². The molecule has 0 fully saturated rings. The molecule has 1 N–H and O–H groups in total. The first-order chi connectivity index (χ1) is 6.11. The maximum atomic E-state index is 11.1. The third kappa shape index (κ3) is 5.36. The van der Waals surface area contributed by atoms with Gasteiger partial charge < -0.3 is 10.1 Å². The highest BCUT2D eigenvalue weighted by Gasteiger charge is 2.12. The number of carbonyl (C=O) groups excluding carboxylic acids is 2. The van der Waals surface area contributed by atoms with Gasteiger partial charge in [0.1, 0.15) is 0 Å². The quantitative estimate of drug-likeness (QED) is 0.659. The van der Waals surface area contributed by atoms with Gasteiger partial charge >= 0.3 is 0 Å². The monoisotopic (exact) mass is 187 g/mol. The van der Waals surface area contributed by atoms with Gasteiger partial charge in [-0.1, -0.05) is 6.92 Å². The number of Topliss-reactive ketones (excluding diaryl/α,β-unsaturated/α-hetero) is 1. The van der Waals surface area contributed by atoms with Gasteiger partial charge in [0, 0.05) is 20.0 Å². The second-order valence-corrected chi connectivity index (χ2v) is 2.85. The molecule has 0 aromatic carbocycles. The van der Waals surface area contributed by atoms with E-state index in [1.54, 1.807) is 13.8 Å². The number of amides is 1. The van der Waals surface area contributed by atoms with E-state index >= 15 is 0 Å². The number of ether oxygens (including phenoxy) is 1. The largest absolute Gasteiger partial charge is 0.384 e. The van der Waals surface area contributed by atoms with Crippen molar-refractivity contribution in [2.45, 2.75) is 32.7 Å². The standard InChI is InChI=1S/C9H17NO3/c1-4-8(11)7(2)10-9(12)5-6-13-3/h7H,4-6H2,1-3H3,(H,10,12). The lowest BCUT2D eigenvalue weighted by atomic mass is 10.1. The Balaban J connectivity index is 3.71. The van der Waals surface area contributed by atoms with E-state index < -0.39 is 0 Å². The van der Waals surface area contributed by atoms with Crippen molar-refractivity contribution in [2.75, 3.05) is 13.7 Å². The zero-order chi connectivity index (χ0) is 10.3. The average molecular weight is 187 g/mol. The molecule has 1 atom stereocenters. The number of rotatable bonds is 6. The lowest BCUT2D eigenvalue weighted by molar-refractivity contribution is -0.127. The van der Waals surface area contributed by atoms with Gasteiger partial charge in [-0.25, -0.2) is 0 Å². The molecule has 0 heterocycles. The van der Waals surface area contributed by atoms with Crippen LogP contribution in [0.15, 0.2) is 0 Å². The van der Waals surface area contributed by atoms with Crippen LogP contribution in [-0.4, -0.2) is 31.4 Å². The Morgan fingerprint density at radius 1 is 1.46 bits per heavy atom. The zero-order valence-electron chi connectivity index (χ0n) is 8.42. The summed E-state index contributed by atoms with van der Waals surface area (Å²) in [6.07, 6.45) is 0.754. The Morgan fingerprint density at radius 2 is 2.08 bits per heavy atom. The van der Waals surface area contributed by atoms with Crippen LogP contribution in [0.5, 0.6) is 0 Å². The van der Waals surface area contributed by atoms with Gasteiger partial charge in [-0.2, -0.15) is 0 Å². The average Bonchev–Trinajstić information content (AvgIpc) is 2.13. The van der Waals surface area contributed by atoms with E-state index in [2.05, 4.69) is 5.32 Å². The van der Waals surface area contributed by atoms with Gasteiger partial charge in [-0.15, -0.1) is 0 Å². The van der Waals surface area contributed by atoms with Crippen molar-refractivity contribution in [3.63, 3.8) is 0 Å². The third-order valence-corrected chi connectivity index (χ3v) is 1.74. The Kier molecular flexibility index (Phi) is 6.14. The van der Waals surface area contributed by atoms with Crippen LogP contribution < -0.4 is 5.32 Å². The summed E-state index contributed by atoms with van der Waals surface area (Å²) in [5.74, 6) is -0.0954. The molecular weight excluding hydrogens is 170 g/mol. The molecule has 1 unspecified atom stereocenters. The van der Waals surface area contributed by atoms with Gasteiger partial charge in [0.2, 0.25) is 5.91 Å². The molecule has 0 bridgehead atoms. The molecule has 0 rings (SSSR count). The molecule has 4 nitrogen and oxygen atoms in total. The molecular formula is C9H17NO3. The van der Waals surface area contributed by atoms with Crippen molar-refractivity contribution < 1.29 is 14.3 Å². The van der Waals surface area contributed by atoms with Gasteiger partial charge in [-0.3, -0.25) is 9.59 Å². The van der Waals surface area contributed by atoms with Crippen LogP contribution in [-0.2, 0) is 14.3 Å². The smallest absolute Gasteiger partial charge is 0.222 e. The molecule has 0 saturated heterocycles. The summed E-state index contributed by atoms with van der Waals surface area (Å²) in [4.78, 5) is 22.2. The summed E-state index contributed by atoms with van der Waals surface area (Å²) in [7, 11) is 1.54. The maximum Gasteiger partial charge on any atom is 0.222 e. The number of hydrogen-bond acceptors (Lipinski definition) is 3. The van der Waals surface area contributed by atoms with E-state index in [-0.39, 0.29) is 17.7 Å². The summed E-state index contributed by atoms with van der Waals surface area (Å²) in [6.45, 7) is 3.86. The van der Waals surface area contributed by atoms with Crippen LogP contribution in [0, 0.1) is 0 Å². The lowest BCUT2D eigenvalue weighted by Gasteiger charge is -2.11. The highest BCUT2D eigenvalue weighted by Crippen LogP contribution is 1.91. The minimum Gasteiger partial charge on any atom is -0.384 e. The molecule has 0 aliphatic carbocycles. The summed E-state index contributed by atoms with van der Waals surface area (Å²) >= 11 is 0. The van der Waals surface area contributed by atoms with Crippen molar-refractivity contribution in [1.29, 1.82) is 0 Å². The second-order valence-electron chi connectivity index (χ2n) is 2.85. The predicted octanol–water partition coefficient (Wildman–Crippen LogP) is 0.507. The number of carbonyl (C=O) groups is 2. The van der Waals surface area contributed by atoms with Crippen LogP contribution >= 0.6 is 0 Å². The van der Waals surface area contributed by atoms with Crippen molar-refractivity contribution in [3.8, 4) is 0 Å². The van der Waals surface area contributed by atoms with Gasteiger partial charge in [0.25, 0.3) is 0 Å². The van der Waals surface area contributed by atoms with E-state index in [4.69, 9.17) is 4.74 Å². The number of ketones is 1. The number of hydrogen-bond donors (Lipinski definition) is 1. The summed E-state index contributed by atoms with van der Waals surface area (Å²) < 4.78 is 4.74. The number of nitrogens with one attached hydrogen (secondary N) is 1. The van der Waals surface area contributed by atoms with Gasteiger partial charge in [0.15, 0.2) is 5.78 Å². The van der Waals surface area contributed by atoms with Gasteiger partial charge in [-0.05, 0) is 6.92 Å². The minimum absolute atomic E-state index is 0.0470. The molecule has 1 amide bonds. The van der Waals surface area contributed by atoms with Gasteiger partial charge in [0.05, 0.1) is 12.6 Å². The predicted molar refractivity (Wildman–Crippen MR) is 49.4 cm³/mol. The summed E-state index contributed by atoms with van der Waals surface area (Å²) in [5.41, 5.74) is 0. The van der Waals surface area contributed by atoms with E-state index in [0.717, 1.165) is 0 Å². The highest BCUT2D eigenvalue weighted by atomic mass is 16.5. The molecule has 0 spiro atoms. The first-order valence-corrected chi connectivity index (χ1v) is 4.42. The van der Waals surface area contributed by atoms with Crippen LogP contribution in [0.1, 0.15) is 26.7 Å². The number of methoxy groups -OCH3 is 1. The van der Waals surface area contributed by atoms with E-state index in [1.165, 1.54) is 7.11 Å². The Hall–Kier alpha value is -0.900. The molecule has 0 aliphatic rings. The van der Waals surface area contributed by atoms with Crippen LogP contribution in [0.2, 0.25) is 0 Å². The molecule has 4 heteroatoms. The highest BCUT2D eigenvalue weighted by molar-refractivity contribution is 5.88. The Morgan fingerprint density at radius 3 is 2.54 bits per heavy atom. The first kappa shape index (κ1) is 12.1. The molecule has 0 aromatic heterocycles. The van der Waals surface area contributed by atoms with E-state index in [9.17, 15) is 9.59 Å². The van der Waals surface area contributed by atoms with Crippen LogP contribution in [0.4, 0.5) is 0 Å². The van der Waals surface area contributed by atoms with E-state index in [0.29, 0.717) is 19.4 Å². The first-order valence-electron chi connectivity index (χ1n) is 4.42. The second kappa shape index (κ2) is 6.60. The van der Waals surface area contributed by atoms with E-state index in [1.807, 2.05) is 0 Å². The fraction of sp³-hybridized carbons (Fsp3) is 0.778. The fourth-order valence-corrected chi connectivity index (χ4v) is 0.895. The maximum absolute atomic E-state index is 11.1. The van der Waals surface area contributed by atoms with Crippen molar-refractivity contribution in [2.24, 2.45) is 0 Å². The summed E-state index contributed by atoms with van der Waals surface area (Å²) in [6, 6.07) is -0.380. The molecule has 0 saturated carbocycles. The Labute approximate surface area is 78.6 Å². The molecule has 13 heavy (non-hydrogen) atoms. The third-order valence-electron chi connectivity index (χ3n) is 1.74. The minimum atomic E-state index is -0.380. The lowest BCUT2D eigenvalue weighted by Crippen LogP contribution is -2.38. The molecule has 0 radical (unpaired) electrons. The van der Waals surface area contributed by atoms with Crippen molar-refractivity contribution in [3.05, 3.63) is 0 Å². The fourth-order valence-electron chi connectivity index (χ4n) is 0.895. The van der Waals surface area contributed by atoms with Crippen LogP contribution in [0.25, 0.3) is 0 Å². The molecule has 0 aromatic rings. The SMILES string of the molecule is CCC(=O)C(C)NC(=O)CCOC. The normalized spacial score (nSPS) is 12.2. The van der Waals surface area contributed by atoms with Crippen molar-refractivity contribution >= 4 is 11.7 Å². The van der Waals surface area contributed by atoms with Crippen molar-refractivity contribution in [1.82, 2.24) is 5.32 Å². The zero-order valence-corrected chi connectivity index (χ0v) is 8.42.